The Morgan fingerprint density at radius 3 is 2.12 bits per heavy atom. The highest BCUT2D eigenvalue weighted by Gasteiger charge is 2.52. The zero-order valence-corrected chi connectivity index (χ0v) is 20.0. The first-order chi connectivity index (χ1) is 15.6. The van der Waals surface area contributed by atoms with Gasteiger partial charge < -0.3 is 23.7 Å². The molecule has 1 fully saturated rings. The summed E-state index contributed by atoms with van der Waals surface area (Å²) >= 11 is 2.58. The summed E-state index contributed by atoms with van der Waals surface area (Å²) in [5.41, 5.74) is -0.109. The van der Waals surface area contributed by atoms with Gasteiger partial charge in [-0.2, -0.15) is 0 Å². The standard InChI is InChI=1S/C21H23NO9S2/c1-10(23)27-9-15-17(28-11(2)24)18(29-12(3)25)19(30-13(4)26)20(31-15)33-21-22-14-7-5-6-8-16(14)32-21/h5-8,15,17-20H,9H2,1-4H3/t15-,17-,18+,19-,20-/m1/s1. The van der Waals surface area contributed by atoms with Crippen molar-refractivity contribution in [3.05, 3.63) is 24.3 Å². The summed E-state index contributed by atoms with van der Waals surface area (Å²) < 4.78 is 29.0. The molecule has 0 aliphatic carbocycles. The molecule has 33 heavy (non-hydrogen) atoms. The average molecular weight is 498 g/mol. The van der Waals surface area contributed by atoms with Crippen molar-refractivity contribution >= 4 is 57.2 Å². The number of hydrogen-bond donors (Lipinski definition) is 0. The van der Waals surface area contributed by atoms with Gasteiger partial charge in [-0.25, -0.2) is 4.98 Å². The lowest BCUT2D eigenvalue weighted by molar-refractivity contribution is -0.237. The summed E-state index contributed by atoms with van der Waals surface area (Å²) in [5.74, 6) is -2.56. The fourth-order valence-corrected chi connectivity index (χ4v) is 5.62. The molecule has 1 aromatic carbocycles. The Kier molecular flexibility index (Phi) is 8.27. The molecule has 0 bridgehead atoms. The molecule has 0 spiro atoms. The van der Waals surface area contributed by atoms with E-state index in [1.807, 2.05) is 24.3 Å². The molecule has 0 unspecified atom stereocenters. The number of carbonyl (C=O) groups is 4. The number of carbonyl (C=O) groups excluding carboxylic acids is 4. The number of rotatable bonds is 7. The number of ether oxygens (including phenoxy) is 5. The van der Waals surface area contributed by atoms with Gasteiger partial charge in [0, 0.05) is 27.7 Å². The Bertz CT molecular complexity index is 1010. The molecule has 2 heterocycles. The molecular weight excluding hydrogens is 474 g/mol. The monoisotopic (exact) mass is 497 g/mol. The van der Waals surface area contributed by atoms with Gasteiger partial charge in [-0.05, 0) is 12.1 Å². The van der Waals surface area contributed by atoms with E-state index in [1.165, 1.54) is 50.8 Å². The highest BCUT2D eigenvalue weighted by Crippen LogP contribution is 2.40. The SMILES string of the molecule is CC(=O)OC[C@H]1O[C@H](Sc2nc3ccccc3s2)[C@H](OC(C)=O)[C@@H](OC(C)=O)[C@@H]1OC(C)=O. The molecule has 12 heteroatoms. The Labute approximate surface area is 197 Å². The fourth-order valence-electron chi connectivity index (χ4n) is 3.28. The van der Waals surface area contributed by atoms with Crippen LogP contribution in [0.15, 0.2) is 28.6 Å². The molecule has 1 saturated heterocycles. The second-order valence-corrected chi connectivity index (χ2v) is 9.51. The van der Waals surface area contributed by atoms with E-state index >= 15 is 0 Å². The van der Waals surface area contributed by atoms with Crippen LogP contribution in [0.3, 0.4) is 0 Å². The Morgan fingerprint density at radius 2 is 1.52 bits per heavy atom. The first-order valence-electron chi connectivity index (χ1n) is 9.96. The minimum absolute atomic E-state index is 0.269. The Hall–Kier alpha value is -2.70. The quantitative estimate of drug-likeness (QED) is 0.413. The van der Waals surface area contributed by atoms with Crippen LogP contribution in [0.4, 0.5) is 0 Å². The number of nitrogens with zero attached hydrogens (tertiary/aromatic N) is 1. The van der Waals surface area contributed by atoms with E-state index in [2.05, 4.69) is 4.98 Å². The normalized spacial score (nSPS) is 24.7. The lowest BCUT2D eigenvalue weighted by Gasteiger charge is -2.43. The van der Waals surface area contributed by atoms with Gasteiger partial charge in [0.2, 0.25) is 0 Å². The van der Waals surface area contributed by atoms with Crippen LogP contribution in [0.2, 0.25) is 0 Å². The maximum Gasteiger partial charge on any atom is 0.303 e. The van der Waals surface area contributed by atoms with Crippen molar-refractivity contribution in [2.45, 2.75) is 61.9 Å². The molecule has 1 aliphatic rings. The first kappa shape index (κ1) is 24.9. The largest absolute Gasteiger partial charge is 0.463 e. The van der Waals surface area contributed by atoms with Crippen LogP contribution in [-0.4, -0.2) is 65.3 Å². The molecule has 2 aromatic rings. The summed E-state index contributed by atoms with van der Waals surface area (Å²) in [5, 5.41) is 0. The number of thiazole rings is 1. The molecule has 10 nitrogen and oxygen atoms in total. The molecule has 0 amide bonds. The molecule has 178 valence electrons. The second kappa shape index (κ2) is 10.9. The summed E-state index contributed by atoms with van der Waals surface area (Å²) in [6, 6.07) is 7.54. The predicted octanol–water partition coefficient (Wildman–Crippen LogP) is 2.47. The Balaban J connectivity index is 1.98. The van der Waals surface area contributed by atoms with Crippen LogP contribution >= 0.6 is 23.1 Å². The van der Waals surface area contributed by atoms with E-state index in [9.17, 15) is 19.2 Å². The number of esters is 4. The summed E-state index contributed by atoms with van der Waals surface area (Å²) in [7, 11) is 0. The lowest BCUT2D eigenvalue weighted by Crippen LogP contribution is -2.61. The highest BCUT2D eigenvalue weighted by molar-refractivity contribution is 8.01. The highest BCUT2D eigenvalue weighted by atomic mass is 32.2. The average Bonchev–Trinajstić information content (AvgIpc) is 3.12. The van der Waals surface area contributed by atoms with Crippen LogP contribution in [-0.2, 0) is 42.9 Å². The molecule has 3 rings (SSSR count). The van der Waals surface area contributed by atoms with Gasteiger partial charge >= 0.3 is 23.9 Å². The predicted molar refractivity (Wildman–Crippen MR) is 117 cm³/mol. The van der Waals surface area contributed by atoms with Crippen LogP contribution in [0.5, 0.6) is 0 Å². The topological polar surface area (TPSA) is 127 Å². The first-order valence-corrected chi connectivity index (χ1v) is 11.7. The molecule has 1 aromatic heterocycles. The minimum Gasteiger partial charge on any atom is -0.463 e. The number of aromatic nitrogens is 1. The summed E-state index contributed by atoms with van der Waals surface area (Å²) in [4.78, 5) is 51.5. The second-order valence-electron chi connectivity index (χ2n) is 7.13. The van der Waals surface area contributed by atoms with Gasteiger partial charge in [-0.3, -0.25) is 19.2 Å². The summed E-state index contributed by atoms with van der Waals surface area (Å²) in [6.45, 7) is 4.52. The van der Waals surface area contributed by atoms with Gasteiger partial charge in [0.1, 0.15) is 12.7 Å². The van der Waals surface area contributed by atoms with Crippen LogP contribution in [0.1, 0.15) is 27.7 Å². The van der Waals surface area contributed by atoms with E-state index in [0.29, 0.717) is 4.34 Å². The molecule has 1 aliphatic heterocycles. The molecule has 0 radical (unpaired) electrons. The Morgan fingerprint density at radius 1 is 0.909 bits per heavy atom. The number of thioether (sulfide) groups is 1. The molecule has 0 N–H and O–H groups in total. The van der Waals surface area contributed by atoms with Crippen molar-refractivity contribution in [1.29, 1.82) is 0 Å². The maximum atomic E-state index is 11.9. The molecular formula is C21H23NO9S2. The minimum atomic E-state index is -1.20. The van der Waals surface area contributed by atoms with Crippen LogP contribution < -0.4 is 0 Å². The van der Waals surface area contributed by atoms with Crippen molar-refractivity contribution in [2.75, 3.05) is 6.61 Å². The van der Waals surface area contributed by atoms with Gasteiger partial charge in [0.15, 0.2) is 28.1 Å². The third-order valence-corrected chi connectivity index (χ3v) is 6.71. The van der Waals surface area contributed by atoms with E-state index in [0.717, 1.165) is 10.2 Å². The summed E-state index contributed by atoms with van der Waals surface area (Å²) in [6.07, 6.45) is -4.49. The zero-order chi connectivity index (χ0) is 24.1. The van der Waals surface area contributed by atoms with Gasteiger partial charge in [-0.15, -0.1) is 11.3 Å². The zero-order valence-electron chi connectivity index (χ0n) is 18.3. The third kappa shape index (κ3) is 6.65. The number of hydrogen-bond acceptors (Lipinski definition) is 12. The smallest absolute Gasteiger partial charge is 0.303 e. The van der Waals surface area contributed by atoms with Gasteiger partial charge in [0.25, 0.3) is 0 Å². The number of para-hydroxylation sites is 1. The van der Waals surface area contributed by atoms with Crippen molar-refractivity contribution in [3.63, 3.8) is 0 Å². The van der Waals surface area contributed by atoms with E-state index in [4.69, 9.17) is 23.7 Å². The van der Waals surface area contributed by atoms with Crippen molar-refractivity contribution < 1.29 is 42.9 Å². The molecule has 0 saturated carbocycles. The van der Waals surface area contributed by atoms with Gasteiger partial charge in [0.05, 0.1) is 10.2 Å². The van der Waals surface area contributed by atoms with Crippen molar-refractivity contribution in [3.8, 4) is 0 Å². The van der Waals surface area contributed by atoms with E-state index < -0.39 is 53.7 Å². The van der Waals surface area contributed by atoms with E-state index in [1.54, 1.807) is 0 Å². The van der Waals surface area contributed by atoms with Crippen LogP contribution in [0, 0.1) is 0 Å². The van der Waals surface area contributed by atoms with Crippen LogP contribution in [0.25, 0.3) is 10.2 Å². The molecule has 5 atom stereocenters. The van der Waals surface area contributed by atoms with E-state index in [-0.39, 0.29) is 6.61 Å². The van der Waals surface area contributed by atoms with Crippen molar-refractivity contribution in [2.24, 2.45) is 0 Å². The maximum absolute atomic E-state index is 11.9. The van der Waals surface area contributed by atoms with Gasteiger partial charge in [-0.1, -0.05) is 23.9 Å². The number of fused-ring (bicyclic) bond motifs is 1. The lowest BCUT2D eigenvalue weighted by atomic mass is 9.99. The van der Waals surface area contributed by atoms with Crippen molar-refractivity contribution in [1.82, 2.24) is 4.98 Å². The number of benzene rings is 1. The fraction of sp³-hybridized carbons (Fsp3) is 0.476. The third-order valence-electron chi connectivity index (χ3n) is 4.44.